The molecule has 29 heavy (non-hydrogen) atoms. The largest absolute Gasteiger partial charge is 0.497 e. The van der Waals surface area contributed by atoms with E-state index in [-0.39, 0.29) is 35.6 Å². The van der Waals surface area contributed by atoms with Gasteiger partial charge in [0.2, 0.25) is 10.0 Å². The summed E-state index contributed by atoms with van der Waals surface area (Å²) in [5, 5.41) is 13.7. The average molecular weight is 419 g/mol. The van der Waals surface area contributed by atoms with Crippen LogP contribution >= 0.6 is 0 Å². The number of benzene rings is 2. The molecule has 1 aliphatic heterocycles. The molecule has 0 unspecified atom stereocenters. The monoisotopic (exact) mass is 419 g/mol. The number of hydrogen-bond donors (Lipinski definition) is 1. The second-order valence-electron chi connectivity index (χ2n) is 6.63. The van der Waals surface area contributed by atoms with E-state index >= 15 is 0 Å². The van der Waals surface area contributed by atoms with Gasteiger partial charge in [-0.1, -0.05) is 6.07 Å². The Morgan fingerprint density at radius 2 is 1.83 bits per heavy atom. The fraction of sp³-hybridized carbons (Fsp3) is 0.316. The van der Waals surface area contributed by atoms with Gasteiger partial charge in [-0.15, -0.1) is 0 Å². The van der Waals surface area contributed by atoms with Crippen molar-refractivity contribution in [3.05, 3.63) is 64.2 Å². The summed E-state index contributed by atoms with van der Waals surface area (Å²) in [6.45, 7) is 0.505. The molecule has 1 N–H and O–H groups in total. The normalized spacial score (nSPS) is 15.6. The van der Waals surface area contributed by atoms with Crippen molar-refractivity contribution in [2.24, 2.45) is 0 Å². The maximum absolute atomic E-state index is 12.7. The Morgan fingerprint density at radius 3 is 2.41 bits per heavy atom. The first-order valence-electron chi connectivity index (χ1n) is 9.01. The molecule has 0 aromatic heterocycles. The minimum Gasteiger partial charge on any atom is -0.497 e. The van der Waals surface area contributed by atoms with E-state index in [1.807, 2.05) is 0 Å². The van der Waals surface area contributed by atoms with E-state index in [0.29, 0.717) is 24.2 Å². The summed E-state index contributed by atoms with van der Waals surface area (Å²) < 4.78 is 31.9. The molecule has 9 nitrogen and oxygen atoms in total. The minimum atomic E-state index is -3.74. The van der Waals surface area contributed by atoms with Crippen LogP contribution in [0.3, 0.4) is 0 Å². The molecular weight excluding hydrogens is 398 g/mol. The van der Waals surface area contributed by atoms with Crippen LogP contribution in [0.2, 0.25) is 0 Å². The smallest absolute Gasteiger partial charge is 0.269 e. The van der Waals surface area contributed by atoms with Gasteiger partial charge in [-0.3, -0.25) is 14.9 Å². The maximum atomic E-state index is 12.7. The fourth-order valence-corrected chi connectivity index (χ4v) is 4.63. The van der Waals surface area contributed by atoms with E-state index < -0.39 is 14.9 Å². The van der Waals surface area contributed by atoms with Crippen molar-refractivity contribution in [2.45, 2.75) is 23.8 Å². The standard InChI is InChI=1S/C19H21N3O6S/c1-28-17-4-2-3-14(13-17)19(23)20-15-9-11-21(12-10-15)29(26,27)18-7-5-16(6-8-18)22(24)25/h2-8,13,15H,9-12H2,1H3,(H,20,23). The second-order valence-corrected chi connectivity index (χ2v) is 8.57. The van der Waals surface area contributed by atoms with Gasteiger partial charge in [0.15, 0.2) is 0 Å². The van der Waals surface area contributed by atoms with E-state index in [1.54, 1.807) is 24.3 Å². The molecule has 3 rings (SSSR count). The van der Waals surface area contributed by atoms with Crippen LogP contribution in [0.15, 0.2) is 53.4 Å². The van der Waals surface area contributed by atoms with Gasteiger partial charge in [-0.05, 0) is 43.2 Å². The number of methoxy groups -OCH3 is 1. The van der Waals surface area contributed by atoms with Crippen LogP contribution < -0.4 is 10.1 Å². The van der Waals surface area contributed by atoms with Gasteiger partial charge in [0.25, 0.3) is 11.6 Å². The highest BCUT2D eigenvalue weighted by Gasteiger charge is 2.30. The Kier molecular flexibility index (Phi) is 6.14. The van der Waals surface area contributed by atoms with Crippen LogP contribution in [0.4, 0.5) is 5.69 Å². The van der Waals surface area contributed by atoms with Crippen molar-refractivity contribution in [1.29, 1.82) is 0 Å². The Balaban J connectivity index is 1.60. The zero-order valence-electron chi connectivity index (χ0n) is 15.8. The highest BCUT2D eigenvalue weighted by molar-refractivity contribution is 7.89. The second kappa shape index (κ2) is 8.58. The number of nitrogens with one attached hydrogen (secondary N) is 1. The van der Waals surface area contributed by atoms with Crippen LogP contribution in [0.25, 0.3) is 0 Å². The highest BCUT2D eigenvalue weighted by atomic mass is 32.2. The Bertz CT molecular complexity index is 999. The Labute approximate surface area is 168 Å². The van der Waals surface area contributed by atoms with Crippen molar-refractivity contribution in [2.75, 3.05) is 20.2 Å². The van der Waals surface area contributed by atoms with Crippen molar-refractivity contribution in [1.82, 2.24) is 9.62 Å². The molecule has 1 saturated heterocycles. The number of sulfonamides is 1. The predicted octanol–water partition coefficient (Wildman–Crippen LogP) is 2.19. The fourth-order valence-electron chi connectivity index (χ4n) is 3.16. The third-order valence-electron chi connectivity index (χ3n) is 4.81. The summed E-state index contributed by atoms with van der Waals surface area (Å²) in [4.78, 5) is 22.6. The van der Waals surface area contributed by atoms with Crippen LogP contribution in [-0.4, -0.2) is 49.8 Å². The summed E-state index contributed by atoms with van der Waals surface area (Å²) in [5.41, 5.74) is 0.313. The van der Waals surface area contributed by atoms with E-state index in [0.717, 1.165) is 0 Å². The molecule has 0 spiro atoms. The molecule has 0 radical (unpaired) electrons. The summed E-state index contributed by atoms with van der Waals surface area (Å²) in [7, 11) is -2.21. The summed E-state index contributed by atoms with van der Waals surface area (Å²) in [6, 6.07) is 11.5. The molecule has 1 fully saturated rings. The van der Waals surface area contributed by atoms with Gasteiger partial charge in [-0.25, -0.2) is 8.42 Å². The summed E-state index contributed by atoms with van der Waals surface area (Å²) in [5.74, 6) is 0.349. The first-order chi connectivity index (χ1) is 13.8. The highest BCUT2D eigenvalue weighted by Crippen LogP contribution is 2.23. The van der Waals surface area contributed by atoms with Crippen LogP contribution in [0.5, 0.6) is 5.75 Å². The van der Waals surface area contributed by atoms with Gasteiger partial charge in [-0.2, -0.15) is 4.31 Å². The zero-order valence-corrected chi connectivity index (χ0v) is 16.6. The predicted molar refractivity (Wildman–Crippen MR) is 105 cm³/mol. The molecular formula is C19H21N3O6S. The Hall–Kier alpha value is -2.98. The van der Waals surface area contributed by atoms with Crippen LogP contribution in [0.1, 0.15) is 23.2 Å². The van der Waals surface area contributed by atoms with Crippen LogP contribution in [0, 0.1) is 10.1 Å². The van der Waals surface area contributed by atoms with Crippen molar-refractivity contribution < 1.29 is 22.9 Å². The molecule has 154 valence electrons. The number of nitro benzene ring substituents is 1. The first-order valence-corrected chi connectivity index (χ1v) is 10.4. The molecule has 1 aliphatic rings. The number of rotatable bonds is 6. The number of hydrogen-bond acceptors (Lipinski definition) is 6. The first kappa shape index (κ1) is 20.7. The van der Waals surface area contributed by atoms with Crippen molar-refractivity contribution in [3.63, 3.8) is 0 Å². The lowest BCUT2D eigenvalue weighted by molar-refractivity contribution is -0.384. The Morgan fingerprint density at radius 1 is 1.17 bits per heavy atom. The third kappa shape index (κ3) is 4.72. The van der Waals surface area contributed by atoms with Crippen molar-refractivity contribution >= 4 is 21.6 Å². The molecule has 2 aromatic carbocycles. The molecule has 1 heterocycles. The maximum Gasteiger partial charge on any atom is 0.269 e. The quantitative estimate of drug-likeness (QED) is 0.566. The zero-order chi connectivity index (χ0) is 21.0. The van der Waals surface area contributed by atoms with Gasteiger partial charge >= 0.3 is 0 Å². The molecule has 2 aromatic rings. The number of nitrogens with zero attached hydrogens (tertiary/aromatic N) is 2. The number of nitro groups is 1. The summed E-state index contributed by atoms with van der Waals surface area (Å²) in [6.07, 6.45) is 0.948. The number of carbonyl (C=O) groups excluding carboxylic acids is 1. The number of carbonyl (C=O) groups is 1. The molecule has 0 saturated carbocycles. The number of non-ortho nitro benzene ring substituents is 1. The molecule has 0 aliphatic carbocycles. The van der Waals surface area contributed by atoms with E-state index in [2.05, 4.69) is 5.32 Å². The molecule has 0 bridgehead atoms. The minimum absolute atomic E-state index is 0.0157. The van der Waals surface area contributed by atoms with Gasteiger partial charge in [0.1, 0.15) is 5.75 Å². The number of ether oxygens (including phenoxy) is 1. The SMILES string of the molecule is COc1cccc(C(=O)NC2CCN(S(=O)(=O)c3ccc([N+](=O)[O-])cc3)CC2)c1. The van der Waals surface area contributed by atoms with Crippen LogP contribution in [-0.2, 0) is 10.0 Å². The number of piperidine rings is 1. The van der Waals surface area contributed by atoms with Gasteiger partial charge < -0.3 is 10.1 Å². The summed E-state index contributed by atoms with van der Waals surface area (Å²) >= 11 is 0. The molecule has 1 amide bonds. The van der Waals surface area contributed by atoms with Crippen molar-refractivity contribution in [3.8, 4) is 5.75 Å². The molecule has 10 heteroatoms. The van der Waals surface area contributed by atoms with Gasteiger partial charge in [0, 0.05) is 36.8 Å². The lowest BCUT2D eigenvalue weighted by Gasteiger charge is -2.31. The lowest BCUT2D eigenvalue weighted by atomic mass is 10.1. The van der Waals surface area contributed by atoms with E-state index in [1.165, 1.54) is 35.7 Å². The molecule has 0 atom stereocenters. The average Bonchev–Trinajstić information content (AvgIpc) is 2.74. The third-order valence-corrected chi connectivity index (χ3v) is 6.72. The van der Waals surface area contributed by atoms with Gasteiger partial charge in [0.05, 0.1) is 16.9 Å². The topological polar surface area (TPSA) is 119 Å². The lowest BCUT2D eigenvalue weighted by Crippen LogP contribution is -2.46. The number of amides is 1. The van der Waals surface area contributed by atoms with E-state index in [4.69, 9.17) is 4.74 Å². The van der Waals surface area contributed by atoms with E-state index in [9.17, 15) is 23.3 Å².